The molecule has 1 aliphatic rings. The van der Waals surface area contributed by atoms with Gasteiger partial charge in [-0.3, -0.25) is 4.79 Å². The van der Waals surface area contributed by atoms with Gasteiger partial charge in [-0.15, -0.1) is 0 Å². The van der Waals surface area contributed by atoms with E-state index in [1.807, 2.05) is 20.8 Å². The molecule has 1 aromatic rings. The van der Waals surface area contributed by atoms with E-state index in [-0.39, 0.29) is 16.7 Å². The molecule has 0 radical (unpaired) electrons. The normalized spacial score (nSPS) is 17.8. The second-order valence-corrected chi connectivity index (χ2v) is 10.5. The molecule has 0 aliphatic carbocycles. The molecule has 1 aliphatic heterocycles. The quantitative estimate of drug-likeness (QED) is 0.606. The molecule has 164 valence electrons. The number of carbonyl (C=O) groups excluding carboxylic acids is 1. The van der Waals surface area contributed by atoms with Gasteiger partial charge in [-0.2, -0.15) is 4.72 Å². The fourth-order valence-corrected chi connectivity index (χ4v) is 4.91. The maximum atomic E-state index is 12.8. The third-order valence-electron chi connectivity index (χ3n) is 5.30. The lowest BCUT2D eigenvalue weighted by atomic mass is 10.0. The molecule has 2 N–H and O–H groups in total. The number of piperidine rings is 1. The van der Waals surface area contributed by atoms with Gasteiger partial charge in [-0.1, -0.05) is 44.9 Å². The number of hydrogen-bond donors (Lipinski definition) is 2. The van der Waals surface area contributed by atoms with Crippen LogP contribution in [0.15, 0.2) is 29.2 Å². The first-order valence-electron chi connectivity index (χ1n) is 10.8. The Kier molecular flexibility index (Phi) is 9.11. The third-order valence-corrected chi connectivity index (χ3v) is 6.78. The first-order chi connectivity index (χ1) is 13.7. The van der Waals surface area contributed by atoms with E-state index in [1.54, 1.807) is 24.3 Å². The van der Waals surface area contributed by atoms with Crippen molar-refractivity contribution < 1.29 is 13.2 Å². The van der Waals surface area contributed by atoms with Crippen LogP contribution in [0.1, 0.15) is 52.0 Å². The van der Waals surface area contributed by atoms with Gasteiger partial charge in [-0.05, 0) is 63.2 Å². The number of hydrogen-bond acceptors (Lipinski definition) is 4. The van der Waals surface area contributed by atoms with Crippen molar-refractivity contribution in [3.8, 4) is 0 Å². The van der Waals surface area contributed by atoms with E-state index in [1.165, 1.54) is 19.3 Å². The zero-order valence-corrected chi connectivity index (χ0v) is 19.1. The molecular weight excluding hydrogens is 386 g/mol. The van der Waals surface area contributed by atoms with Gasteiger partial charge in [0.05, 0.1) is 4.90 Å². The summed E-state index contributed by atoms with van der Waals surface area (Å²) in [5.74, 6) is 0.266. The Hall–Kier alpha value is -1.44. The zero-order chi connectivity index (χ0) is 21.4. The number of rotatable bonds is 10. The summed E-state index contributed by atoms with van der Waals surface area (Å²) >= 11 is 0. The van der Waals surface area contributed by atoms with Crippen LogP contribution >= 0.6 is 0 Å². The molecule has 29 heavy (non-hydrogen) atoms. The summed E-state index contributed by atoms with van der Waals surface area (Å²) in [6, 6.07) is 5.89. The minimum absolute atomic E-state index is 0.183. The Balaban J connectivity index is 1.95. The first kappa shape index (κ1) is 23.8. The van der Waals surface area contributed by atoms with Crippen LogP contribution in [-0.2, 0) is 14.8 Å². The maximum Gasteiger partial charge on any atom is 0.241 e. The Morgan fingerprint density at radius 2 is 1.69 bits per heavy atom. The number of likely N-dealkylation sites (tertiary alicyclic amines) is 1. The topological polar surface area (TPSA) is 78.5 Å². The lowest BCUT2D eigenvalue weighted by Gasteiger charge is -2.29. The van der Waals surface area contributed by atoms with Crippen LogP contribution in [0, 0.1) is 18.8 Å². The molecule has 1 amide bonds. The van der Waals surface area contributed by atoms with Crippen LogP contribution in [0.25, 0.3) is 0 Å². The number of aryl methyl sites for hydroxylation is 1. The molecule has 2 atom stereocenters. The van der Waals surface area contributed by atoms with E-state index in [4.69, 9.17) is 0 Å². The summed E-state index contributed by atoms with van der Waals surface area (Å²) in [4.78, 5) is 15.4. The van der Waals surface area contributed by atoms with Crippen molar-refractivity contribution in [3.63, 3.8) is 0 Å². The van der Waals surface area contributed by atoms with Gasteiger partial charge in [-0.25, -0.2) is 8.42 Å². The fraction of sp³-hybridized carbons (Fsp3) is 0.682. The second kappa shape index (κ2) is 11.1. The van der Waals surface area contributed by atoms with Crippen LogP contribution < -0.4 is 10.0 Å². The predicted molar refractivity (Wildman–Crippen MR) is 117 cm³/mol. The summed E-state index contributed by atoms with van der Waals surface area (Å²) in [5, 5.41) is 2.97. The highest BCUT2D eigenvalue weighted by Gasteiger charge is 2.27. The molecule has 1 saturated heterocycles. The van der Waals surface area contributed by atoms with Crippen molar-refractivity contribution >= 4 is 15.9 Å². The predicted octanol–water partition coefficient (Wildman–Crippen LogP) is 2.93. The average Bonchev–Trinajstić information content (AvgIpc) is 2.66. The number of carbonyl (C=O) groups is 1. The van der Waals surface area contributed by atoms with Crippen LogP contribution in [0.4, 0.5) is 0 Å². The average molecular weight is 424 g/mol. The molecular formula is C22H37N3O3S. The molecule has 1 fully saturated rings. The van der Waals surface area contributed by atoms with E-state index in [9.17, 15) is 13.2 Å². The molecule has 1 heterocycles. The number of nitrogens with zero attached hydrogens (tertiary/aromatic N) is 1. The standard InChI is InChI=1S/C22H37N3O3S/c1-17(2)14-21(24-29(27,28)20-10-8-18(3)9-11-20)22(26)23-15-19(4)16-25-12-6-5-7-13-25/h8-11,17,19,21,24H,5-7,12-16H2,1-4H3,(H,23,26). The molecule has 0 bridgehead atoms. The molecule has 2 rings (SSSR count). The Labute approximate surface area is 176 Å². The third kappa shape index (κ3) is 8.07. The van der Waals surface area contributed by atoms with E-state index < -0.39 is 16.1 Å². The minimum Gasteiger partial charge on any atom is -0.354 e. The molecule has 6 nitrogen and oxygen atoms in total. The summed E-state index contributed by atoms with van der Waals surface area (Å²) in [5.41, 5.74) is 0.989. The first-order valence-corrected chi connectivity index (χ1v) is 12.2. The minimum atomic E-state index is -3.75. The lowest BCUT2D eigenvalue weighted by molar-refractivity contribution is -0.123. The number of nitrogens with one attached hydrogen (secondary N) is 2. The molecule has 7 heteroatoms. The smallest absolute Gasteiger partial charge is 0.241 e. The van der Waals surface area contributed by atoms with E-state index >= 15 is 0 Å². The Morgan fingerprint density at radius 3 is 2.28 bits per heavy atom. The van der Waals surface area contributed by atoms with Crippen molar-refractivity contribution in [2.45, 2.75) is 64.3 Å². The molecule has 0 aromatic heterocycles. The van der Waals surface area contributed by atoms with Crippen molar-refractivity contribution in [2.24, 2.45) is 11.8 Å². The van der Waals surface area contributed by atoms with E-state index in [0.717, 1.165) is 25.2 Å². The summed E-state index contributed by atoms with van der Waals surface area (Å²) in [6.45, 7) is 11.8. The van der Waals surface area contributed by atoms with Gasteiger partial charge in [0.15, 0.2) is 0 Å². The highest BCUT2D eigenvalue weighted by molar-refractivity contribution is 7.89. The molecule has 0 saturated carbocycles. The van der Waals surface area contributed by atoms with Crippen molar-refractivity contribution in [1.29, 1.82) is 0 Å². The Bertz CT molecular complexity index is 741. The highest BCUT2D eigenvalue weighted by Crippen LogP contribution is 2.14. The second-order valence-electron chi connectivity index (χ2n) is 8.83. The van der Waals surface area contributed by atoms with Gasteiger partial charge in [0.25, 0.3) is 0 Å². The number of benzene rings is 1. The van der Waals surface area contributed by atoms with Crippen molar-refractivity contribution in [2.75, 3.05) is 26.2 Å². The number of sulfonamides is 1. The fourth-order valence-electron chi connectivity index (χ4n) is 3.70. The van der Waals surface area contributed by atoms with E-state index in [2.05, 4.69) is 21.9 Å². The maximum absolute atomic E-state index is 12.8. The van der Waals surface area contributed by atoms with E-state index in [0.29, 0.717) is 18.9 Å². The molecule has 0 spiro atoms. The Morgan fingerprint density at radius 1 is 1.07 bits per heavy atom. The van der Waals surface area contributed by atoms with Crippen molar-refractivity contribution in [1.82, 2.24) is 14.9 Å². The van der Waals surface area contributed by atoms with Gasteiger partial charge in [0, 0.05) is 13.1 Å². The summed E-state index contributed by atoms with van der Waals surface area (Å²) in [6.07, 6.45) is 4.25. The van der Waals surface area contributed by atoms with Crippen LogP contribution in [0.3, 0.4) is 0 Å². The van der Waals surface area contributed by atoms with Gasteiger partial charge >= 0.3 is 0 Å². The molecule has 2 unspecified atom stereocenters. The zero-order valence-electron chi connectivity index (χ0n) is 18.3. The summed E-state index contributed by atoms with van der Waals surface area (Å²) in [7, 11) is -3.75. The summed E-state index contributed by atoms with van der Waals surface area (Å²) < 4.78 is 28.1. The van der Waals surface area contributed by atoms with Crippen molar-refractivity contribution in [3.05, 3.63) is 29.8 Å². The molecule has 1 aromatic carbocycles. The van der Waals surface area contributed by atoms with Crippen LogP contribution in [0.5, 0.6) is 0 Å². The van der Waals surface area contributed by atoms with Crippen LogP contribution in [-0.4, -0.2) is 51.4 Å². The number of amides is 1. The van der Waals surface area contributed by atoms with Crippen LogP contribution in [0.2, 0.25) is 0 Å². The van der Waals surface area contributed by atoms with Gasteiger partial charge in [0.2, 0.25) is 15.9 Å². The lowest BCUT2D eigenvalue weighted by Crippen LogP contribution is -2.48. The SMILES string of the molecule is Cc1ccc(S(=O)(=O)NC(CC(C)C)C(=O)NCC(C)CN2CCCCC2)cc1. The monoisotopic (exact) mass is 423 g/mol. The van der Waals surface area contributed by atoms with Gasteiger partial charge < -0.3 is 10.2 Å². The van der Waals surface area contributed by atoms with Gasteiger partial charge in [0.1, 0.15) is 6.04 Å². The largest absolute Gasteiger partial charge is 0.354 e. The highest BCUT2D eigenvalue weighted by atomic mass is 32.2.